The van der Waals surface area contributed by atoms with E-state index in [9.17, 15) is 4.79 Å². The van der Waals surface area contributed by atoms with Gasteiger partial charge in [-0.3, -0.25) is 0 Å². The summed E-state index contributed by atoms with van der Waals surface area (Å²) < 4.78 is 12.0. The van der Waals surface area contributed by atoms with E-state index < -0.39 is 0 Å². The van der Waals surface area contributed by atoms with Crippen molar-refractivity contribution in [2.75, 3.05) is 0 Å². The summed E-state index contributed by atoms with van der Waals surface area (Å²) in [4.78, 5) is 21.5. The van der Waals surface area contributed by atoms with Crippen LogP contribution in [0.25, 0.3) is 10.2 Å². The van der Waals surface area contributed by atoms with Gasteiger partial charge in [0.05, 0.1) is 26.5 Å². The first kappa shape index (κ1) is 17.4. The van der Waals surface area contributed by atoms with Gasteiger partial charge in [0.1, 0.15) is 5.76 Å². The van der Waals surface area contributed by atoms with Crippen LogP contribution in [-0.2, 0) is 17.8 Å². The SMILES string of the molecule is Cc1nc(COC(=O)c2ccccc2Cc2nc3ccccc3s2)oc1C. The van der Waals surface area contributed by atoms with Crippen LogP contribution in [0.1, 0.15) is 38.3 Å². The first-order valence-corrected chi connectivity index (χ1v) is 9.44. The van der Waals surface area contributed by atoms with E-state index in [4.69, 9.17) is 9.15 Å². The summed E-state index contributed by atoms with van der Waals surface area (Å²) in [6, 6.07) is 15.5. The summed E-state index contributed by atoms with van der Waals surface area (Å²) in [5, 5.41) is 0.968. The van der Waals surface area contributed by atoms with Crippen molar-refractivity contribution >= 4 is 27.5 Å². The maximum absolute atomic E-state index is 12.6. The summed E-state index contributed by atoms with van der Waals surface area (Å²) in [5.41, 5.74) is 3.21. The van der Waals surface area contributed by atoms with Gasteiger partial charge in [0.2, 0.25) is 5.89 Å². The Bertz CT molecular complexity index is 1060. The summed E-state index contributed by atoms with van der Waals surface area (Å²) in [6.45, 7) is 3.71. The molecule has 4 aromatic rings. The van der Waals surface area contributed by atoms with Gasteiger partial charge in [-0.1, -0.05) is 30.3 Å². The monoisotopic (exact) mass is 378 g/mol. The molecule has 2 aromatic carbocycles. The number of fused-ring (bicyclic) bond motifs is 1. The lowest BCUT2D eigenvalue weighted by atomic mass is 10.1. The average Bonchev–Trinajstić information content (AvgIpc) is 3.22. The van der Waals surface area contributed by atoms with Gasteiger partial charge < -0.3 is 9.15 Å². The molecule has 136 valence electrons. The second-order valence-corrected chi connectivity index (χ2v) is 7.35. The Kier molecular flexibility index (Phi) is 4.73. The number of hydrogen-bond donors (Lipinski definition) is 0. The molecule has 0 bridgehead atoms. The van der Waals surface area contributed by atoms with Crippen molar-refractivity contribution in [3.05, 3.63) is 82.0 Å². The molecule has 0 N–H and O–H groups in total. The number of hydrogen-bond acceptors (Lipinski definition) is 6. The molecule has 5 nitrogen and oxygen atoms in total. The third-order valence-electron chi connectivity index (χ3n) is 4.32. The summed E-state index contributed by atoms with van der Waals surface area (Å²) in [6.07, 6.45) is 0.585. The molecular weight excluding hydrogens is 360 g/mol. The molecule has 0 saturated carbocycles. The minimum Gasteiger partial charge on any atom is -0.452 e. The lowest BCUT2D eigenvalue weighted by Crippen LogP contribution is -2.09. The van der Waals surface area contributed by atoms with Gasteiger partial charge in [0.25, 0.3) is 0 Å². The predicted molar refractivity (Wildman–Crippen MR) is 104 cm³/mol. The summed E-state index contributed by atoms with van der Waals surface area (Å²) in [7, 11) is 0. The van der Waals surface area contributed by atoms with E-state index in [1.54, 1.807) is 17.4 Å². The van der Waals surface area contributed by atoms with Crippen molar-refractivity contribution in [2.24, 2.45) is 0 Å². The van der Waals surface area contributed by atoms with E-state index in [0.717, 1.165) is 32.2 Å². The highest BCUT2D eigenvalue weighted by Gasteiger charge is 2.16. The quantitative estimate of drug-likeness (QED) is 0.465. The van der Waals surface area contributed by atoms with Gasteiger partial charge in [0.15, 0.2) is 6.61 Å². The van der Waals surface area contributed by atoms with Crippen molar-refractivity contribution < 1.29 is 13.9 Å². The van der Waals surface area contributed by atoms with Crippen LogP contribution in [0, 0.1) is 13.8 Å². The first-order chi connectivity index (χ1) is 13.1. The van der Waals surface area contributed by atoms with Crippen LogP contribution >= 0.6 is 11.3 Å². The number of benzene rings is 2. The third-order valence-corrected chi connectivity index (χ3v) is 5.35. The molecule has 6 heteroatoms. The predicted octanol–water partition coefficient (Wildman–Crippen LogP) is 4.85. The molecule has 0 fully saturated rings. The summed E-state index contributed by atoms with van der Waals surface area (Å²) >= 11 is 1.64. The highest BCUT2D eigenvalue weighted by atomic mass is 32.1. The highest BCUT2D eigenvalue weighted by Crippen LogP contribution is 2.25. The van der Waals surface area contributed by atoms with Gasteiger partial charge in [-0.25, -0.2) is 14.8 Å². The van der Waals surface area contributed by atoms with Crippen LogP contribution < -0.4 is 0 Å². The number of esters is 1. The molecule has 2 aromatic heterocycles. The van der Waals surface area contributed by atoms with Crippen LogP contribution in [0.4, 0.5) is 0 Å². The van der Waals surface area contributed by atoms with Crippen molar-refractivity contribution in [2.45, 2.75) is 26.9 Å². The standard InChI is InChI=1S/C21H18N2O3S/c1-13-14(2)26-19(22-13)12-25-21(24)16-8-4-3-7-15(16)11-20-23-17-9-5-6-10-18(17)27-20/h3-10H,11-12H2,1-2H3. The van der Waals surface area contributed by atoms with Gasteiger partial charge in [-0.05, 0) is 37.6 Å². The van der Waals surface area contributed by atoms with Crippen molar-refractivity contribution in [1.82, 2.24) is 9.97 Å². The minimum absolute atomic E-state index is 0.0169. The molecule has 0 aliphatic rings. The van der Waals surface area contributed by atoms with Gasteiger partial charge >= 0.3 is 5.97 Å². The molecule has 0 atom stereocenters. The van der Waals surface area contributed by atoms with Crippen LogP contribution in [0.15, 0.2) is 52.9 Å². The van der Waals surface area contributed by atoms with E-state index in [2.05, 4.69) is 16.0 Å². The second kappa shape index (κ2) is 7.32. The Morgan fingerprint density at radius 2 is 1.85 bits per heavy atom. The van der Waals surface area contributed by atoms with E-state index in [0.29, 0.717) is 17.9 Å². The van der Waals surface area contributed by atoms with Crippen molar-refractivity contribution in [3.63, 3.8) is 0 Å². The Labute approximate surface area is 160 Å². The number of carbonyl (C=O) groups excluding carboxylic acids is 1. The van der Waals surface area contributed by atoms with Crippen LogP contribution in [0.5, 0.6) is 0 Å². The maximum atomic E-state index is 12.6. The Morgan fingerprint density at radius 1 is 1.07 bits per heavy atom. The smallest absolute Gasteiger partial charge is 0.338 e. The minimum atomic E-state index is -0.389. The zero-order valence-electron chi connectivity index (χ0n) is 15.1. The Hall–Kier alpha value is -2.99. The molecule has 0 unspecified atom stereocenters. The molecule has 0 saturated heterocycles. The fourth-order valence-electron chi connectivity index (χ4n) is 2.84. The number of carbonyl (C=O) groups is 1. The Balaban J connectivity index is 1.52. The number of nitrogens with zero attached hydrogens (tertiary/aromatic N) is 2. The lowest BCUT2D eigenvalue weighted by molar-refractivity contribution is 0.0436. The second-order valence-electron chi connectivity index (χ2n) is 6.23. The van der Waals surface area contributed by atoms with Crippen molar-refractivity contribution in [1.29, 1.82) is 0 Å². The molecule has 0 spiro atoms. The van der Waals surface area contributed by atoms with E-state index in [1.165, 1.54) is 0 Å². The number of aromatic nitrogens is 2. The largest absolute Gasteiger partial charge is 0.452 e. The molecular formula is C21H18N2O3S. The highest BCUT2D eigenvalue weighted by molar-refractivity contribution is 7.18. The van der Waals surface area contributed by atoms with Gasteiger partial charge in [-0.2, -0.15) is 0 Å². The Morgan fingerprint density at radius 3 is 2.63 bits per heavy atom. The molecule has 27 heavy (non-hydrogen) atoms. The molecule has 0 aliphatic heterocycles. The normalized spacial score (nSPS) is 11.0. The van der Waals surface area contributed by atoms with E-state index >= 15 is 0 Å². The fraction of sp³-hybridized carbons (Fsp3) is 0.190. The van der Waals surface area contributed by atoms with E-state index in [-0.39, 0.29) is 12.6 Å². The van der Waals surface area contributed by atoms with Crippen LogP contribution in [0.2, 0.25) is 0 Å². The molecule has 4 rings (SSSR count). The zero-order chi connectivity index (χ0) is 18.8. The zero-order valence-corrected chi connectivity index (χ0v) is 15.9. The van der Waals surface area contributed by atoms with E-state index in [1.807, 2.05) is 50.2 Å². The number of aryl methyl sites for hydroxylation is 2. The van der Waals surface area contributed by atoms with Crippen LogP contribution in [0.3, 0.4) is 0 Å². The average molecular weight is 378 g/mol. The number of thiazole rings is 1. The topological polar surface area (TPSA) is 65.2 Å². The first-order valence-electron chi connectivity index (χ1n) is 8.62. The molecule has 0 amide bonds. The number of oxazole rings is 1. The fourth-order valence-corrected chi connectivity index (χ4v) is 3.83. The van der Waals surface area contributed by atoms with Crippen LogP contribution in [-0.4, -0.2) is 15.9 Å². The maximum Gasteiger partial charge on any atom is 0.338 e. The van der Waals surface area contributed by atoms with Crippen molar-refractivity contribution in [3.8, 4) is 0 Å². The molecule has 0 aliphatic carbocycles. The van der Waals surface area contributed by atoms with Gasteiger partial charge in [-0.15, -0.1) is 11.3 Å². The molecule has 0 radical (unpaired) electrons. The number of ether oxygens (including phenoxy) is 1. The van der Waals surface area contributed by atoms with Gasteiger partial charge in [0, 0.05) is 6.42 Å². The number of rotatable bonds is 5. The molecule has 2 heterocycles. The number of para-hydroxylation sites is 1. The third kappa shape index (κ3) is 3.75. The lowest BCUT2D eigenvalue weighted by Gasteiger charge is -2.07. The summed E-state index contributed by atoms with van der Waals surface area (Å²) in [5.74, 6) is 0.750.